The summed E-state index contributed by atoms with van der Waals surface area (Å²) in [6.07, 6.45) is 0.344. The van der Waals surface area contributed by atoms with Crippen LogP contribution in [-0.4, -0.2) is 69.2 Å². The van der Waals surface area contributed by atoms with Gasteiger partial charge in [-0.25, -0.2) is 0 Å². The van der Waals surface area contributed by atoms with Crippen LogP contribution in [0.5, 0.6) is 0 Å². The highest BCUT2D eigenvalue weighted by atomic mass is 16.2. The molecular weight excluding hydrogens is 420 g/mol. The summed E-state index contributed by atoms with van der Waals surface area (Å²) < 4.78 is 0. The van der Waals surface area contributed by atoms with Gasteiger partial charge in [-0.05, 0) is 50.5 Å². The number of nitrogens with one attached hydrogen (secondary N) is 2. The fraction of sp³-hybridized carbons (Fsp3) is 0.333. The molecule has 0 saturated carbocycles. The van der Waals surface area contributed by atoms with E-state index in [1.54, 1.807) is 41.1 Å². The molecule has 1 atom stereocenters. The lowest BCUT2D eigenvalue weighted by atomic mass is 10.1. The van der Waals surface area contributed by atoms with Crippen molar-refractivity contribution in [2.45, 2.75) is 6.42 Å². The smallest absolute Gasteiger partial charge is 0.251 e. The van der Waals surface area contributed by atoms with Crippen LogP contribution in [0, 0.1) is 11.3 Å². The Hall–Kier alpha value is -3.72. The number of nitrogens with two attached hydrogens (primary N) is 1. The van der Waals surface area contributed by atoms with Crippen molar-refractivity contribution in [3.05, 3.63) is 59.7 Å². The average molecular weight is 451 g/mol. The normalized spacial score (nSPS) is 15.6. The number of nitrogens with zero attached hydrogens (tertiary/aromatic N) is 3. The molecule has 0 radical (unpaired) electrons. The summed E-state index contributed by atoms with van der Waals surface area (Å²) in [5.41, 5.74) is 7.92. The van der Waals surface area contributed by atoms with Crippen LogP contribution < -0.4 is 20.9 Å². The Morgan fingerprint density at radius 1 is 1.12 bits per heavy atom. The molecule has 174 valence electrons. The van der Waals surface area contributed by atoms with E-state index >= 15 is 0 Å². The molecule has 33 heavy (non-hydrogen) atoms. The number of hydrogen-bond acceptors (Lipinski definition) is 5. The Bertz CT molecular complexity index is 1050. The lowest BCUT2D eigenvalue weighted by molar-refractivity contribution is -0.119. The van der Waals surface area contributed by atoms with E-state index in [1.807, 2.05) is 43.3 Å². The van der Waals surface area contributed by atoms with Gasteiger partial charge in [-0.1, -0.05) is 12.1 Å². The summed E-state index contributed by atoms with van der Waals surface area (Å²) in [6, 6.07) is 13.9. The number of anilines is 2. The van der Waals surface area contributed by atoms with Crippen LogP contribution in [0.4, 0.5) is 11.4 Å². The molecule has 0 aromatic heterocycles. The number of hydrogen-bond donors (Lipinski definition) is 3. The summed E-state index contributed by atoms with van der Waals surface area (Å²) in [6.45, 7) is 1.18. The Labute approximate surface area is 193 Å². The molecule has 0 aliphatic carbocycles. The fourth-order valence-electron chi connectivity index (χ4n) is 3.71. The second-order valence-corrected chi connectivity index (χ2v) is 8.49. The maximum atomic E-state index is 12.6. The molecule has 1 aliphatic heterocycles. The highest BCUT2D eigenvalue weighted by Gasteiger charge is 2.31. The molecule has 3 amide bonds. The monoisotopic (exact) mass is 450 g/mol. The Balaban J connectivity index is 1.58. The van der Waals surface area contributed by atoms with Gasteiger partial charge in [0.2, 0.25) is 11.8 Å². The molecule has 1 heterocycles. The molecule has 0 spiro atoms. The lowest BCUT2D eigenvalue weighted by Crippen LogP contribution is -2.35. The van der Waals surface area contributed by atoms with E-state index in [0.717, 1.165) is 11.4 Å². The summed E-state index contributed by atoms with van der Waals surface area (Å²) in [4.78, 5) is 42.4. The van der Waals surface area contributed by atoms with Gasteiger partial charge in [0.15, 0.2) is 0 Å². The van der Waals surface area contributed by atoms with E-state index in [0.29, 0.717) is 37.2 Å². The van der Waals surface area contributed by atoms with Gasteiger partial charge < -0.3 is 25.8 Å². The zero-order chi connectivity index (χ0) is 24.1. The van der Waals surface area contributed by atoms with E-state index in [-0.39, 0.29) is 29.5 Å². The Morgan fingerprint density at radius 3 is 2.42 bits per heavy atom. The van der Waals surface area contributed by atoms with Crippen molar-refractivity contribution in [1.29, 1.82) is 5.41 Å². The van der Waals surface area contributed by atoms with Gasteiger partial charge in [0.1, 0.15) is 5.84 Å². The van der Waals surface area contributed by atoms with Crippen molar-refractivity contribution >= 4 is 34.9 Å². The number of nitrogen functional groups attached to an aromatic ring is 1. The number of carbonyl (C=O) groups is 3. The molecule has 1 saturated heterocycles. The number of carbonyl (C=O) groups excluding carboxylic acids is 3. The van der Waals surface area contributed by atoms with Crippen molar-refractivity contribution in [2.24, 2.45) is 11.7 Å². The van der Waals surface area contributed by atoms with Crippen LogP contribution in [-0.2, 0) is 9.59 Å². The Morgan fingerprint density at radius 2 is 1.79 bits per heavy atom. The zero-order valence-corrected chi connectivity index (χ0v) is 19.2. The Kier molecular flexibility index (Phi) is 7.44. The third kappa shape index (κ3) is 5.95. The van der Waals surface area contributed by atoms with Gasteiger partial charge in [0.25, 0.3) is 5.91 Å². The highest BCUT2D eigenvalue weighted by Crippen LogP contribution is 2.27. The number of benzene rings is 2. The number of likely N-dealkylation sites (N-methyl/N-ethyl adjacent to an activating group) is 2. The molecule has 2 aromatic rings. The standard InChI is InChI=1S/C24H30N6O3/c1-28(2)15-22(32)29(3)19-7-9-20(10-8-19)30-14-16(11-21(30)31)13-27-24(33)18-6-4-5-17(12-18)23(25)26/h4-10,12,16H,11,13-15H2,1-3H3,(H3,25,26)(H,27,33). The summed E-state index contributed by atoms with van der Waals surface area (Å²) in [5, 5.41) is 10.4. The molecule has 3 rings (SSSR count). The van der Waals surface area contributed by atoms with E-state index in [4.69, 9.17) is 11.1 Å². The minimum atomic E-state index is -0.265. The quantitative estimate of drug-likeness (QED) is 0.413. The van der Waals surface area contributed by atoms with Gasteiger partial charge in [-0.2, -0.15) is 0 Å². The van der Waals surface area contributed by atoms with Gasteiger partial charge in [-0.3, -0.25) is 19.8 Å². The van der Waals surface area contributed by atoms with Crippen molar-refractivity contribution in [2.75, 3.05) is 50.6 Å². The van der Waals surface area contributed by atoms with Gasteiger partial charge in [-0.15, -0.1) is 0 Å². The number of amides is 3. The third-order valence-electron chi connectivity index (χ3n) is 5.57. The van der Waals surface area contributed by atoms with Crippen molar-refractivity contribution in [3.63, 3.8) is 0 Å². The SMILES string of the molecule is CN(C)CC(=O)N(C)c1ccc(N2CC(CNC(=O)c3cccc(C(=N)N)c3)CC2=O)cc1. The number of rotatable bonds is 8. The topological polar surface area (TPSA) is 123 Å². The summed E-state index contributed by atoms with van der Waals surface area (Å²) in [7, 11) is 5.42. The maximum absolute atomic E-state index is 12.6. The van der Waals surface area contributed by atoms with Crippen molar-refractivity contribution in [1.82, 2.24) is 10.2 Å². The fourth-order valence-corrected chi connectivity index (χ4v) is 3.71. The molecule has 4 N–H and O–H groups in total. The first-order valence-corrected chi connectivity index (χ1v) is 10.7. The average Bonchev–Trinajstić information content (AvgIpc) is 3.17. The van der Waals surface area contributed by atoms with Gasteiger partial charge in [0.05, 0.1) is 6.54 Å². The molecule has 9 nitrogen and oxygen atoms in total. The first-order valence-electron chi connectivity index (χ1n) is 10.7. The molecule has 1 unspecified atom stereocenters. The predicted octanol–water partition coefficient (Wildman–Crippen LogP) is 1.28. The third-order valence-corrected chi connectivity index (χ3v) is 5.57. The van der Waals surface area contributed by atoms with E-state index in [2.05, 4.69) is 5.32 Å². The zero-order valence-electron chi connectivity index (χ0n) is 19.2. The maximum Gasteiger partial charge on any atom is 0.251 e. The number of amidine groups is 1. The van der Waals surface area contributed by atoms with Gasteiger partial charge >= 0.3 is 0 Å². The van der Waals surface area contributed by atoms with E-state index < -0.39 is 0 Å². The van der Waals surface area contributed by atoms with E-state index in [1.165, 1.54) is 0 Å². The van der Waals surface area contributed by atoms with Crippen LogP contribution in [0.2, 0.25) is 0 Å². The second-order valence-electron chi connectivity index (χ2n) is 8.49. The van der Waals surface area contributed by atoms with Crippen LogP contribution in [0.1, 0.15) is 22.3 Å². The second kappa shape index (κ2) is 10.3. The van der Waals surface area contributed by atoms with Crippen molar-refractivity contribution in [3.8, 4) is 0 Å². The largest absolute Gasteiger partial charge is 0.384 e. The first kappa shape index (κ1) is 23.9. The minimum Gasteiger partial charge on any atom is -0.384 e. The van der Waals surface area contributed by atoms with Crippen molar-refractivity contribution < 1.29 is 14.4 Å². The molecule has 9 heteroatoms. The molecule has 1 fully saturated rings. The molecule has 1 aliphatic rings. The minimum absolute atomic E-state index is 0.00221. The highest BCUT2D eigenvalue weighted by molar-refractivity contribution is 6.00. The van der Waals surface area contributed by atoms with Gasteiger partial charge in [0, 0.05) is 55.0 Å². The van der Waals surface area contributed by atoms with Crippen LogP contribution in [0.15, 0.2) is 48.5 Å². The molecular formula is C24H30N6O3. The molecule has 2 aromatic carbocycles. The van der Waals surface area contributed by atoms with Crippen LogP contribution in [0.25, 0.3) is 0 Å². The summed E-state index contributed by atoms with van der Waals surface area (Å²) >= 11 is 0. The van der Waals surface area contributed by atoms with E-state index in [9.17, 15) is 14.4 Å². The predicted molar refractivity (Wildman–Crippen MR) is 129 cm³/mol. The summed E-state index contributed by atoms with van der Waals surface area (Å²) in [5.74, 6) is -0.395. The first-order chi connectivity index (χ1) is 15.7. The van der Waals surface area contributed by atoms with Crippen LogP contribution >= 0.6 is 0 Å². The van der Waals surface area contributed by atoms with Crippen LogP contribution in [0.3, 0.4) is 0 Å². The molecule has 0 bridgehead atoms. The lowest BCUT2D eigenvalue weighted by Gasteiger charge is -2.21.